The monoisotopic (exact) mass is 543 g/mol. The zero-order chi connectivity index (χ0) is 27.6. The largest absolute Gasteiger partial charge is 0.426 e. The second kappa shape index (κ2) is 8.86. The van der Waals surface area contributed by atoms with Crippen LogP contribution in [0.1, 0.15) is 63.1 Å². The highest BCUT2D eigenvalue weighted by Gasteiger charge is 2.61. The first-order valence-corrected chi connectivity index (χ1v) is 13.6. The molecular weight excluding hydrogens is 513 g/mol. The normalized spacial score (nSPS) is 25.8. The van der Waals surface area contributed by atoms with Gasteiger partial charge in [0.25, 0.3) is 0 Å². The molecule has 0 saturated heterocycles. The Morgan fingerprint density at radius 2 is 1.65 bits per heavy atom. The fraction of sp³-hybridized carbons (Fsp3) is 0.519. The number of sulfone groups is 1. The number of aryl methyl sites for hydroxylation is 1. The van der Waals surface area contributed by atoms with Crippen molar-refractivity contribution in [2.45, 2.75) is 79.9 Å². The van der Waals surface area contributed by atoms with Gasteiger partial charge in [0.15, 0.2) is 15.6 Å². The topological polar surface area (TPSA) is 77.2 Å². The van der Waals surface area contributed by atoms with Gasteiger partial charge in [0.05, 0.1) is 10.4 Å². The number of alkyl halides is 4. The van der Waals surface area contributed by atoms with Crippen molar-refractivity contribution in [3.63, 3.8) is 0 Å². The van der Waals surface area contributed by atoms with Crippen LogP contribution in [0.4, 0.5) is 22.0 Å². The molecule has 0 aromatic heterocycles. The first-order chi connectivity index (χ1) is 16.9. The summed E-state index contributed by atoms with van der Waals surface area (Å²) in [5.41, 5.74) is 1.32. The molecule has 4 atom stereocenters. The van der Waals surface area contributed by atoms with Crippen LogP contribution in [0.25, 0.3) is 0 Å². The number of nitrogens with two attached hydrogens (primary N) is 1. The Morgan fingerprint density at radius 3 is 2.22 bits per heavy atom. The third-order valence-corrected chi connectivity index (χ3v) is 10.8. The van der Waals surface area contributed by atoms with Gasteiger partial charge in [-0.2, -0.15) is 13.2 Å². The van der Waals surface area contributed by atoms with Crippen LogP contribution in [-0.4, -0.2) is 25.9 Å². The van der Waals surface area contributed by atoms with Gasteiger partial charge in [0, 0.05) is 6.42 Å². The predicted octanol–water partition coefficient (Wildman–Crippen LogP) is 5.91. The van der Waals surface area contributed by atoms with E-state index in [1.807, 2.05) is 0 Å². The summed E-state index contributed by atoms with van der Waals surface area (Å²) < 4.78 is 95.6. The molecule has 1 fully saturated rings. The molecule has 2 aliphatic rings. The highest BCUT2D eigenvalue weighted by atomic mass is 32.2. The van der Waals surface area contributed by atoms with Gasteiger partial charge in [-0.25, -0.2) is 17.2 Å². The van der Waals surface area contributed by atoms with Crippen molar-refractivity contribution in [3.8, 4) is 0 Å². The van der Waals surface area contributed by atoms with E-state index in [2.05, 4.69) is 0 Å². The van der Waals surface area contributed by atoms with Gasteiger partial charge in [-0.3, -0.25) is 4.79 Å². The van der Waals surface area contributed by atoms with Gasteiger partial charge in [0.1, 0.15) is 10.6 Å². The number of Topliss-reactive ketones (excluding diaryl/α,β-unsaturated/α-hetero) is 1. The molecule has 37 heavy (non-hydrogen) atoms. The lowest BCUT2D eigenvalue weighted by molar-refractivity contribution is -0.228. The molecular formula is C27H30F5NO3S. The summed E-state index contributed by atoms with van der Waals surface area (Å²) >= 11 is 0. The molecule has 2 aliphatic carbocycles. The van der Waals surface area contributed by atoms with Gasteiger partial charge in [-0.15, -0.1) is 0 Å². The number of fused-ring (bicyclic) bond motifs is 3. The maximum Gasteiger partial charge on any atom is 0.426 e. The van der Waals surface area contributed by atoms with Crippen molar-refractivity contribution in [3.05, 3.63) is 65.0 Å². The van der Waals surface area contributed by atoms with Gasteiger partial charge in [-0.1, -0.05) is 18.2 Å². The number of carbonyl (C=O) groups excluding carboxylic acids is 1. The molecule has 202 valence electrons. The summed E-state index contributed by atoms with van der Waals surface area (Å²) in [4.78, 5) is 12.7. The van der Waals surface area contributed by atoms with E-state index >= 15 is 0 Å². The standard InChI is InChI=1S/C27H30F5NO3S/c1-24(2,33)23(34)15-17-12-13-26(37(35,36)20-8-6-19(28)7-9-20)21(17)10-4-16-14-18(5-11-22(16)26)25(3,29)27(30,31)32/h5-9,11,14,17,21H,4,10,12-13,15,33H2,1-3H3/t17-,21-,25?,26-/m0/s1. The van der Waals surface area contributed by atoms with Gasteiger partial charge < -0.3 is 5.73 Å². The van der Waals surface area contributed by atoms with Crippen molar-refractivity contribution in [2.24, 2.45) is 17.6 Å². The lowest BCUT2D eigenvalue weighted by Crippen LogP contribution is -2.46. The average Bonchev–Trinajstić information content (AvgIpc) is 3.18. The number of halogens is 5. The van der Waals surface area contributed by atoms with Crippen molar-refractivity contribution < 1.29 is 35.2 Å². The Labute approximate surface area is 213 Å². The smallest absolute Gasteiger partial charge is 0.319 e. The number of hydrogen-bond acceptors (Lipinski definition) is 4. The second-order valence-electron chi connectivity index (χ2n) is 11.0. The van der Waals surface area contributed by atoms with Crippen LogP contribution in [-0.2, 0) is 31.5 Å². The van der Waals surface area contributed by atoms with Crippen LogP contribution >= 0.6 is 0 Å². The molecule has 2 aromatic carbocycles. The van der Waals surface area contributed by atoms with E-state index in [4.69, 9.17) is 5.73 Å². The molecule has 0 bridgehead atoms. The molecule has 0 heterocycles. The van der Waals surface area contributed by atoms with E-state index in [0.717, 1.165) is 24.3 Å². The van der Waals surface area contributed by atoms with Crippen LogP contribution < -0.4 is 5.73 Å². The number of benzene rings is 2. The van der Waals surface area contributed by atoms with Crippen molar-refractivity contribution in [1.29, 1.82) is 0 Å². The molecule has 4 nitrogen and oxygen atoms in total. The van der Waals surface area contributed by atoms with Crippen LogP contribution in [0.2, 0.25) is 0 Å². The first-order valence-electron chi connectivity index (χ1n) is 12.1. The Balaban J connectivity index is 1.89. The molecule has 0 amide bonds. The minimum Gasteiger partial charge on any atom is -0.319 e. The summed E-state index contributed by atoms with van der Waals surface area (Å²) in [5.74, 6) is -1.67. The number of ketones is 1. The molecule has 4 rings (SSSR count). The number of rotatable bonds is 6. The minimum atomic E-state index is -5.15. The lowest BCUT2D eigenvalue weighted by atomic mass is 9.71. The molecule has 0 aliphatic heterocycles. The summed E-state index contributed by atoms with van der Waals surface area (Å²) in [5, 5.41) is 0. The summed E-state index contributed by atoms with van der Waals surface area (Å²) in [6, 6.07) is 7.82. The molecule has 0 spiro atoms. The molecule has 1 unspecified atom stereocenters. The Hall–Kier alpha value is -2.33. The third-order valence-electron chi connectivity index (χ3n) is 8.18. The van der Waals surface area contributed by atoms with Gasteiger partial charge >= 0.3 is 6.18 Å². The number of hydrogen-bond donors (Lipinski definition) is 1. The first kappa shape index (κ1) is 27.7. The van der Waals surface area contributed by atoms with Crippen molar-refractivity contribution >= 4 is 15.6 Å². The fourth-order valence-electron chi connectivity index (χ4n) is 6.00. The summed E-state index contributed by atoms with van der Waals surface area (Å²) in [6.45, 7) is 3.61. The van der Waals surface area contributed by atoms with E-state index in [9.17, 15) is 35.2 Å². The Bertz CT molecular complexity index is 1310. The van der Waals surface area contributed by atoms with E-state index < -0.39 is 49.3 Å². The van der Waals surface area contributed by atoms with E-state index in [-0.39, 0.29) is 42.3 Å². The lowest BCUT2D eigenvalue weighted by Gasteiger charge is -2.43. The van der Waals surface area contributed by atoms with Crippen LogP contribution in [0.5, 0.6) is 0 Å². The second-order valence-corrected chi connectivity index (χ2v) is 13.2. The molecule has 0 radical (unpaired) electrons. The zero-order valence-electron chi connectivity index (χ0n) is 20.8. The van der Waals surface area contributed by atoms with Crippen LogP contribution in [0.3, 0.4) is 0 Å². The maximum absolute atomic E-state index is 14.8. The highest BCUT2D eigenvalue weighted by molar-refractivity contribution is 7.92. The molecule has 1 saturated carbocycles. The summed E-state index contributed by atoms with van der Waals surface area (Å²) in [6.07, 6.45) is -4.05. The zero-order valence-corrected chi connectivity index (χ0v) is 21.6. The highest BCUT2D eigenvalue weighted by Crippen LogP contribution is 2.60. The van der Waals surface area contributed by atoms with Gasteiger partial charge in [-0.05, 0) is 99.2 Å². The van der Waals surface area contributed by atoms with E-state index in [1.54, 1.807) is 13.8 Å². The molecule has 2 aromatic rings. The van der Waals surface area contributed by atoms with Gasteiger partial charge in [0.2, 0.25) is 5.67 Å². The van der Waals surface area contributed by atoms with Crippen molar-refractivity contribution in [2.75, 3.05) is 0 Å². The van der Waals surface area contributed by atoms with Crippen LogP contribution in [0.15, 0.2) is 47.4 Å². The minimum absolute atomic E-state index is 0.0683. The fourth-order valence-corrected chi connectivity index (χ4v) is 8.50. The Morgan fingerprint density at radius 1 is 1.03 bits per heavy atom. The SMILES string of the molecule is CC(C)(N)C(=O)C[C@@H]1CC[C@@]2(S(=O)(=O)c3ccc(F)cc3)c3ccc(C(C)(F)C(F)(F)F)cc3CC[C@@H]12. The van der Waals surface area contributed by atoms with E-state index in [0.29, 0.717) is 24.5 Å². The number of carbonyl (C=O) groups is 1. The van der Waals surface area contributed by atoms with E-state index in [1.165, 1.54) is 18.2 Å². The third kappa shape index (κ3) is 4.39. The molecule has 2 N–H and O–H groups in total. The predicted molar refractivity (Wildman–Crippen MR) is 129 cm³/mol. The maximum atomic E-state index is 14.8. The van der Waals surface area contributed by atoms with Crippen molar-refractivity contribution in [1.82, 2.24) is 0 Å². The molecule has 10 heteroatoms. The van der Waals surface area contributed by atoms with Crippen LogP contribution in [0, 0.1) is 17.7 Å². The summed E-state index contributed by atoms with van der Waals surface area (Å²) in [7, 11) is -4.20. The quantitative estimate of drug-likeness (QED) is 0.363. The average molecular weight is 544 g/mol. The Kier molecular flexibility index (Phi) is 6.64.